The van der Waals surface area contributed by atoms with E-state index in [1.807, 2.05) is 44.2 Å². The van der Waals surface area contributed by atoms with E-state index >= 15 is 0 Å². The second-order valence-electron chi connectivity index (χ2n) is 5.54. The molecule has 1 amide bonds. The molecule has 0 saturated carbocycles. The molecule has 2 aromatic carbocycles. The van der Waals surface area contributed by atoms with Gasteiger partial charge in [-0.25, -0.2) is 4.99 Å². The molecule has 1 heterocycles. The van der Waals surface area contributed by atoms with Crippen LogP contribution in [0.3, 0.4) is 0 Å². The lowest BCUT2D eigenvalue weighted by molar-refractivity contribution is -0.122. The number of aromatic hydroxyl groups is 1. The zero-order chi connectivity index (χ0) is 18.5. The predicted octanol–water partition coefficient (Wildman–Crippen LogP) is 4.41. The molecular weight excluding hydrogens is 348 g/mol. The van der Waals surface area contributed by atoms with Crippen LogP contribution in [0.5, 0.6) is 11.5 Å². The normalized spacial score (nSPS) is 17.3. The lowest BCUT2D eigenvalue weighted by Crippen LogP contribution is -2.28. The molecule has 0 aliphatic carbocycles. The number of amides is 1. The molecule has 1 saturated heterocycles. The van der Waals surface area contributed by atoms with Crippen LogP contribution in [0, 0.1) is 0 Å². The summed E-state index contributed by atoms with van der Waals surface area (Å²) < 4.78 is 5.43. The number of phenolic OH excluding ortho intramolecular Hbond substituents is 1. The van der Waals surface area contributed by atoms with Crippen LogP contribution in [0.4, 0.5) is 5.69 Å². The Kier molecular flexibility index (Phi) is 5.63. The molecule has 5 nitrogen and oxygen atoms in total. The van der Waals surface area contributed by atoms with Gasteiger partial charge < -0.3 is 9.84 Å². The molecule has 0 radical (unpaired) electrons. The number of thioether (sulfide) groups is 1. The number of aliphatic imine (C=N–C) groups is 1. The fraction of sp³-hybridized carbons (Fsp3) is 0.200. The summed E-state index contributed by atoms with van der Waals surface area (Å²) in [5.74, 6) is 0.831. The summed E-state index contributed by atoms with van der Waals surface area (Å²) in [6, 6.07) is 14.4. The monoisotopic (exact) mass is 368 g/mol. The minimum absolute atomic E-state index is 0.106. The first kappa shape index (κ1) is 18.1. The van der Waals surface area contributed by atoms with Crippen molar-refractivity contribution in [2.45, 2.75) is 13.8 Å². The van der Waals surface area contributed by atoms with Crippen molar-refractivity contribution in [3.05, 3.63) is 59.0 Å². The number of rotatable bonds is 5. The van der Waals surface area contributed by atoms with E-state index < -0.39 is 0 Å². The third-order valence-corrected chi connectivity index (χ3v) is 4.81. The minimum atomic E-state index is -0.106. The third-order valence-electron chi connectivity index (χ3n) is 3.80. The Bertz CT molecular complexity index is 860. The Morgan fingerprint density at radius 3 is 2.54 bits per heavy atom. The average Bonchev–Trinajstić information content (AvgIpc) is 2.93. The number of para-hydroxylation sites is 1. The zero-order valence-electron chi connectivity index (χ0n) is 14.7. The maximum absolute atomic E-state index is 12.6. The SMILES string of the molecule is CCOc1ccc(N=C2S/C(=C\c3ccccc3O)C(=O)N2CC)cc1. The average molecular weight is 368 g/mol. The second-order valence-corrected chi connectivity index (χ2v) is 6.55. The predicted molar refractivity (Wildman–Crippen MR) is 106 cm³/mol. The molecule has 1 aliphatic heterocycles. The maximum atomic E-state index is 12.6. The van der Waals surface area contributed by atoms with E-state index in [9.17, 15) is 9.90 Å². The number of nitrogens with zero attached hydrogens (tertiary/aromatic N) is 2. The van der Waals surface area contributed by atoms with Gasteiger partial charge in [0.1, 0.15) is 11.5 Å². The van der Waals surface area contributed by atoms with E-state index in [-0.39, 0.29) is 11.7 Å². The first-order chi connectivity index (χ1) is 12.6. The Balaban J connectivity index is 1.88. The lowest BCUT2D eigenvalue weighted by atomic mass is 10.2. The van der Waals surface area contributed by atoms with Crippen LogP contribution in [0.2, 0.25) is 0 Å². The summed E-state index contributed by atoms with van der Waals surface area (Å²) in [5.41, 5.74) is 1.37. The highest BCUT2D eigenvalue weighted by molar-refractivity contribution is 8.18. The molecule has 3 rings (SSSR count). The molecule has 0 aromatic heterocycles. The minimum Gasteiger partial charge on any atom is -0.507 e. The second kappa shape index (κ2) is 8.10. The van der Waals surface area contributed by atoms with Crippen LogP contribution in [0.25, 0.3) is 6.08 Å². The number of phenols is 1. The summed E-state index contributed by atoms with van der Waals surface area (Å²) in [6.45, 7) is 4.99. The van der Waals surface area contributed by atoms with Gasteiger partial charge in [-0.2, -0.15) is 0 Å². The number of carbonyl (C=O) groups excluding carboxylic acids is 1. The van der Waals surface area contributed by atoms with Gasteiger partial charge in [0.25, 0.3) is 5.91 Å². The quantitative estimate of drug-likeness (QED) is 0.794. The summed E-state index contributed by atoms with van der Waals surface area (Å²) in [7, 11) is 0. The first-order valence-electron chi connectivity index (χ1n) is 8.43. The van der Waals surface area contributed by atoms with Crippen molar-refractivity contribution in [3.8, 4) is 11.5 Å². The fourth-order valence-corrected chi connectivity index (χ4v) is 3.57. The van der Waals surface area contributed by atoms with Crippen molar-refractivity contribution in [1.29, 1.82) is 0 Å². The van der Waals surface area contributed by atoms with E-state index in [1.165, 1.54) is 11.8 Å². The van der Waals surface area contributed by atoms with Gasteiger partial charge in [0.05, 0.1) is 17.2 Å². The van der Waals surface area contributed by atoms with Crippen LogP contribution >= 0.6 is 11.8 Å². The largest absolute Gasteiger partial charge is 0.507 e. The van der Waals surface area contributed by atoms with Gasteiger partial charge in [-0.15, -0.1) is 0 Å². The molecule has 0 spiro atoms. The molecule has 134 valence electrons. The number of ether oxygens (including phenoxy) is 1. The Morgan fingerprint density at radius 1 is 1.15 bits per heavy atom. The van der Waals surface area contributed by atoms with Crippen LogP contribution < -0.4 is 4.74 Å². The molecule has 6 heteroatoms. The highest BCUT2D eigenvalue weighted by Gasteiger charge is 2.32. The van der Waals surface area contributed by atoms with Crippen molar-refractivity contribution in [2.24, 2.45) is 4.99 Å². The van der Waals surface area contributed by atoms with Gasteiger partial charge in [-0.1, -0.05) is 18.2 Å². The van der Waals surface area contributed by atoms with Crippen LogP contribution in [-0.4, -0.2) is 34.2 Å². The van der Waals surface area contributed by atoms with Crippen molar-refractivity contribution < 1.29 is 14.6 Å². The standard InChI is InChI=1S/C20H20N2O3S/c1-3-22-19(24)18(13-14-7-5-6-8-17(14)23)26-20(22)21-15-9-11-16(12-10-15)25-4-2/h5-13,23H,3-4H2,1-2H3/b18-13-,21-20?. The number of likely N-dealkylation sites (N-methyl/N-ethyl adjacent to an activating group) is 1. The molecule has 1 N–H and O–H groups in total. The topological polar surface area (TPSA) is 62.1 Å². The molecule has 26 heavy (non-hydrogen) atoms. The van der Waals surface area contributed by atoms with E-state index in [2.05, 4.69) is 4.99 Å². The Labute approximate surface area is 157 Å². The van der Waals surface area contributed by atoms with Gasteiger partial charge >= 0.3 is 0 Å². The number of benzene rings is 2. The summed E-state index contributed by atoms with van der Waals surface area (Å²) >= 11 is 1.31. The number of hydrogen-bond donors (Lipinski definition) is 1. The van der Waals surface area contributed by atoms with Gasteiger partial charge in [-0.05, 0) is 62.0 Å². The maximum Gasteiger partial charge on any atom is 0.266 e. The summed E-state index contributed by atoms with van der Waals surface area (Å²) in [4.78, 5) is 19.4. The lowest BCUT2D eigenvalue weighted by Gasteiger charge is -2.12. The van der Waals surface area contributed by atoms with Gasteiger partial charge in [-0.3, -0.25) is 9.69 Å². The van der Waals surface area contributed by atoms with Crippen molar-refractivity contribution >= 4 is 34.6 Å². The van der Waals surface area contributed by atoms with Crippen molar-refractivity contribution in [3.63, 3.8) is 0 Å². The smallest absolute Gasteiger partial charge is 0.266 e. The highest BCUT2D eigenvalue weighted by atomic mass is 32.2. The summed E-state index contributed by atoms with van der Waals surface area (Å²) in [6.07, 6.45) is 1.70. The van der Waals surface area contributed by atoms with E-state index in [4.69, 9.17) is 4.74 Å². The molecule has 1 aliphatic rings. The number of carbonyl (C=O) groups is 1. The van der Waals surface area contributed by atoms with Crippen molar-refractivity contribution in [2.75, 3.05) is 13.2 Å². The summed E-state index contributed by atoms with van der Waals surface area (Å²) in [5, 5.41) is 10.6. The first-order valence-corrected chi connectivity index (χ1v) is 9.25. The zero-order valence-corrected chi connectivity index (χ0v) is 15.5. The third kappa shape index (κ3) is 3.91. The van der Waals surface area contributed by atoms with Crippen LogP contribution in [-0.2, 0) is 4.79 Å². The van der Waals surface area contributed by atoms with Gasteiger partial charge in [0.15, 0.2) is 5.17 Å². The van der Waals surface area contributed by atoms with Crippen LogP contribution in [0.1, 0.15) is 19.4 Å². The van der Waals surface area contributed by atoms with E-state index in [0.29, 0.717) is 28.8 Å². The number of amidine groups is 1. The van der Waals surface area contributed by atoms with E-state index in [0.717, 1.165) is 11.4 Å². The molecule has 0 bridgehead atoms. The Hall–Kier alpha value is -2.73. The molecule has 0 atom stereocenters. The number of hydrogen-bond acceptors (Lipinski definition) is 5. The molecule has 2 aromatic rings. The molecule has 1 fully saturated rings. The van der Waals surface area contributed by atoms with Crippen molar-refractivity contribution in [1.82, 2.24) is 4.90 Å². The highest BCUT2D eigenvalue weighted by Crippen LogP contribution is 2.35. The fourth-order valence-electron chi connectivity index (χ4n) is 2.52. The van der Waals surface area contributed by atoms with Crippen LogP contribution in [0.15, 0.2) is 58.4 Å². The van der Waals surface area contributed by atoms with Gasteiger partial charge in [0.2, 0.25) is 0 Å². The molecular formula is C20H20N2O3S. The molecule has 0 unspecified atom stereocenters. The Morgan fingerprint density at radius 2 is 1.88 bits per heavy atom. The van der Waals surface area contributed by atoms with Gasteiger partial charge in [0, 0.05) is 12.1 Å². The van der Waals surface area contributed by atoms with E-state index in [1.54, 1.807) is 29.2 Å².